The maximum atomic E-state index is 10.8. The standard InChI is InChI=1S/C10H11Cl2NOS/c1-6(10(13)14)15-5-7-2-3-8(11)4-9(7)12/h2-4,6H,5H2,1H3,(H2,13,14). The molecule has 15 heavy (non-hydrogen) atoms. The molecule has 0 heterocycles. The van der Waals surface area contributed by atoms with Crippen LogP contribution in [0.15, 0.2) is 18.2 Å². The van der Waals surface area contributed by atoms with Crippen molar-refractivity contribution in [2.75, 3.05) is 0 Å². The van der Waals surface area contributed by atoms with Gasteiger partial charge in [-0.1, -0.05) is 29.3 Å². The van der Waals surface area contributed by atoms with E-state index in [-0.39, 0.29) is 11.2 Å². The van der Waals surface area contributed by atoms with Crippen molar-refractivity contribution in [2.45, 2.75) is 17.9 Å². The summed E-state index contributed by atoms with van der Waals surface area (Å²) in [6.07, 6.45) is 0. The van der Waals surface area contributed by atoms with Crippen molar-refractivity contribution in [3.8, 4) is 0 Å². The summed E-state index contributed by atoms with van der Waals surface area (Å²) in [6, 6.07) is 5.32. The average molecular weight is 264 g/mol. The number of primary amides is 1. The largest absolute Gasteiger partial charge is 0.369 e. The van der Waals surface area contributed by atoms with Gasteiger partial charge in [0.15, 0.2) is 0 Å². The van der Waals surface area contributed by atoms with Crippen LogP contribution >= 0.6 is 35.0 Å². The highest BCUT2D eigenvalue weighted by molar-refractivity contribution is 7.99. The van der Waals surface area contributed by atoms with E-state index < -0.39 is 0 Å². The van der Waals surface area contributed by atoms with Crippen molar-refractivity contribution in [1.82, 2.24) is 0 Å². The van der Waals surface area contributed by atoms with E-state index in [1.54, 1.807) is 19.1 Å². The van der Waals surface area contributed by atoms with Crippen LogP contribution in [0.25, 0.3) is 0 Å². The zero-order chi connectivity index (χ0) is 11.4. The zero-order valence-electron chi connectivity index (χ0n) is 8.17. The van der Waals surface area contributed by atoms with E-state index in [9.17, 15) is 4.79 Å². The number of rotatable bonds is 4. The number of hydrogen-bond donors (Lipinski definition) is 1. The molecule has 0 saturated heterocycles. The monoisotopic (exact) mass is 263 g/mol. The summed E-state index contributed by atoms with van der Waals surface area (Å²) in [7, 11) is 0. The van der Waals surface area contributed by atoms with Gasteiger partial charge < -0.3 is 5.73 Å². The Morgan fingerprint density at radius 3 is 2.73 bits per heavy atom. The summed E-state index contributed by atoms with van der Waals surface area (Å²) in [5, 5.41) is 1.01. The van der Waals surface area contributed by atoms with Crippen LogP contribution in [-0.2, 0) is 10.5 Å². The first kappa shape index (κ1) is 12.7. The lowest BCUT2D eigenvalue weighted by Gasteiger charge is -2.08. The number of amides is 1. The minimum absolute atomic E-state index is 0.211. The molecule has 0 aliphatic heterocycles. The van der Waals surface area contributed by atoms with Crippen LogP contribution in [-0.4, -0.2) is 11.2 Å². The van der Waals surface area contributed by atoms with Gasteiger partial charge in [-0.25, -0.2) is 0 Å². The maximum Gasteiger partial charge on any atom is 0.230 e. The Morgan fingerprint density at radius 2 is 2.20 bits per heavy atom. The van der Waals surface area contributed by atoms with Crippen molar-refractivity contribution in [3.05, 3.63) is 33.8 Å². The predicted octanol–water partition coefficient (Wildman–Crippen LogP) is 3.10. The van der Waals surface area contributed by atoms with Gasteiger partial charge in [-0.05, 0) is 24.6 Å². The lowest BCUT2D eigenvalue weighted by atomic mass is 10.2. The number of nitrogens with two attached hydrogens (primary N) is 1. The molecular formula is C10H11Cl2NOS. The average Bonchev–Trinajstić information content (AvgIpc) is 2.15. The third-order valence-electron chi connectivity index (χ3n) is 1.90. The Morgan fingerprint density at radius 1 is 1.53 bits per heavy atom. The Labute approximate surface area is 103 Å². The number of halogens is 2. The zero-order valence-corrected chi connectivity index (χ0v) is 10.5. The summed E-state index contributed by atoms with van der Waals surface area (Å²) in [5.41, 5.74) is 6.11. The molecule has 0 aromatic heterocycles. The van der Waals surface area contributed by atoms with Crippen LogP contribution in [0, 0.1) is 0 Å². The Hall–Kier alpha value is -0.380. The summed E-state index contributed by atoms with van der Waals surface area (Å²) >= 11 is 13.2. The topological polar surface area (TPSA) is 43.1 Å². The van der Waals surface area contributed by atoms with Gasteiger partial charge in [-0.15, -0.1) is 11.8 Å². The van der Waals surface area contributed by atoms with Gasteiger partial charge in [0.2, 0.25) is 5.91 Å². The lowest BCUT2D eigenvalue weighted by molar-refractivity contribution is -0.117. The van der Waals surface area contributed by atoms with E-state index >= 15 is 0 Å². The van der Waals surface area contributed by atoms with Gasteiger partial charge in [0, 0.05) is 15.8 Å². The van der Waals surface area contributed by atoms with E-state index in [1.165, 1.54) is 11.8 Å². The highest BCUT2D eigenvalue weighted by atomic mass is 35.5. The minimum Gasteiger partial charge on any atom is -0.369 e. The summed E-state index contributed by atoms with van der Waals surface area (Å²) in [4.78, 5) is 10.8. The summed E-state index contributed by atoms with van der Waals surface area (Å²) in [6.45, 7) is 1.77. The predicted molar refractivity (Wildman–Crippen MR) is 66.4 cm³/mol. The molecule has 1 aromatic carbocycles. The molecule has 0 aliphatic rings. The molecule has 1 rings (SSSR count). The van der Waals surface area contributed by atoms with Gasteiger partial charge in [-0.2, -0.15) is 0 Å². The number of thioether (sulfide) groups is 1. The molecule has 5 heteroatoms. The molecule has 0 aliphatic carbocycles. The van der Waals surface area contributed by atoms with Crippen molar-refractivity contribution in [1.29, 1.82) is 0 Å². The fraction of sp³-hybridized carbons (Fsp3) is 0.300. The van der Waals surface area contributed by atoms with Crippen LogP contribution in [0.4, 0.5) is 0 Å². The van der Waals surface area contributed by atoms with Gasteiger partial charge in [0.1, 0.15) is 0 Å². The second-order valence-corrected chi connectivity index (χ2v) is 5.26. The molecule has 1 atom stereocenters. The summed E-state index contributed by atoms with van der Waals surface area (Å²) in [5.74, 6) is 0.338. The van der Waals surface area contributed by atoms with E-state index in [0.29, 0.717) is 15.8 Å². The minimum atomic E-state index is -0.315. The van der Waals surface area contributed by atoms with Gasteiger partial charge in [-0.3, -0.25) is 4.79 Å². The smallest absolute Gasteiger partial charge is 0.230 e. The maximum absolute atomic E-state index is 10.8. The van der Waals surface area contributed by atoms with Gasteiger partial charge in [0.05, 0.1) is 5.25 Å². The highest BCUT2D eigenvalue weighted by Crippen LogP contribution is 2.26. The van der Waals surface area contributed by atoms with E-state index in [4.69, 9.17) is 28.9 Å². The van der Waals surface area contributed by atoms with Crippen molar-refractivity contribution < 1.29 is 4.79 Å². The Kier molecular flexibility index (Phi) is 4.77. The molecular weight excluding hydrogens is 253 g/mol. The fourth-order valence-electron chi connectivity index (χ4n) is 0.936. The third-order valence-corrected chi connectivity index (χ3v) is 3.70. The first-order valence-corrected chi connectivity index (χ1v) is 6.16. The number of benzene rings is 1. The second kappa shape index (κ2) is 5.64. The third kappa shape index (κ3) is 3.93. The molecule has 1 aromatic rings. The van der Waals surface area contributed by atoms with Crippen LogP contribution in [0.2, 0.25) is 10.0 Å². The molecule has 2 nitrogen and oxygen atoms in total. The van der Waals surface area contributed by atoms with Crippen LogP contribution < -0.4 is 5.73 Å². The highest BCUT2D eigenvalue weighted by Gasteiger charge is 2.10. The number of carbonyl (C=O) groups is 1. The van der Waals surface area contributed by atoms with Gasteiger partial charge in [0.25, 0.3) is 0 Å². The van der Waals surface area contributed by atoms with Crippen LogP contribution in [0.3, 0.4) is 0 Å². The molecule has 1 unspecified atom stereocenters. The lowest BCUT2D eigenvalue weighted by Crippen LogP contribution is -2.22. The Balaban J connectivity index is 2.62. The van der Waals surface area contributed by atoms with E-state index in [1.807, 2.05) is 6.07 Å². The molecule has 0 radical (unpaired) electrons. The number of carbonyl (C=O) groups excluding carboxylic acids is 1. The second-order valence-electron chi connectivity index (χ2n) is 3.09. The molecule has 2 N–H and O–H groups in total. The first-order chi connectivity index (χ1) is 7.00. The van der Waals surface area contributed by atoms with Crippen molar-refractivity contribution >= 4 is 40.9 Å². The number of hydrogen-bond acceptors (Lipinski definition) is 2. The van der Waals surface area contributed by atoms with Crippen molar-refractivity contribution in [3.63, 3.8) is 0 Å². The van der Waals surface area contributed by atoms with E-state index in [2.05, 4.69) is 0 Å². The summed E-state index contributed by atoms with van der Waals surface area (Å²) < 4.78 is 0. The fourth-order valence-corrected chi connectivity index (χ4v) is 2.34. The van der Waals surface area contributed by atoms with Crippen LogP contribution in [0.5, 0.6) is 0 Å². The molecule has 0 saturated carbocycles. The van der Waals surface area contributed by atoms with Gasteiger partial charge >= 0.3 is 0 Å². The molecule has 0 fully saturated rings. The molecule has 1 amide bonds. The normalized spacial score (nSPS) is 12.5. The molecule has 0 spiro atoms. The Bertz CT molecular complexity index is 370. The molecule has 0 bridgehead atoms. The quantitative estimate of drug-likeness (QED) is 0.908. The first-order valence-electron chi connectivity index (χ1n) is 4.35. The molecule has 82 valence electrons. The van der Waals surface area contributed by atoms with Crippen LogP contribution in [0.1, 0.15) is 12.5 Å². The van der Waals surface area contributed by atoms with E-state index in [0.717, 1.165) is 5.56 Å². The SMILES string of the molecule is CC(SCc1ccc(Cl)cc1Cl)C(N)=O. The van der Waals surface area contributed by atoms with Crippen molar-refractivity contribution in [2.24, 2.45) is 5.73 Å².